The summed E-state index contributed by atoms with van der Waals surface area (Å²) in [5.74, 6) is -1.08. The summed E-state index contributed by atoms with van der Waals surface area (Å²) in [6.45, 7) is 7.37. The molecule has 1 aliphatic heterocycles. The van der Waals surface area contributed by atoms with E-state index in [4.69, 9.17) is 0 Å². The minimum absolute atomic E-state index is 0.260. The maximum atomic E-state index is 12.5. The van der Waals surface area contributed by atoms with Crippen LogP contribution < -0.4 is 5.32 Å². The summed E-state index contributed by atoms with van der Waals surface area (Å²) < 4.78 is 37.6. The average molecular weight is 266 g/mol. The van der Waals surface area contributed by atoms with E-state index in [2.05, 4.69) is 24.1 Å². The normalized spacial score (nSPS) is 21.2. The monoisotopic (exact) mass is 266 g/mol. The van der Waals surface area contributed by atoms with E-state index in [1.165, 1.54) is 0 Å². The first-order valence-corrected chi connectivity index (χ1v) is 6.96. The highest BCUT2D eigenvalue weighted by atomic mass is 19.4. The van der Waals surface area contributed by atoms with Gasteiger partial charge in [-0.2, -0.15) is 13.2 Å². The van der Waals surface area contributed by atoms with Crippen LogP contribution in [0.5, 0.6) is 0 Å². The number of rotatable bonds is 6. The molecule has 0 radical (unpaired) electrons. The number of hydrogen-bond donors (Lipinski definition) is 1. The van der Waals surface area contributed by atoms with Crippen LogP contribution in [0.25, 0.3) is 0 Å². The second-order valence-corrected chi connectivity index (χ2v) is 5.24. The van der Waals surface area contributed by atoms with Crippen molar-refractivity contribution in [2.75, 3.05) is 26.2 Å². The molecule has 0 aromatic carbocycles. The van der Waals surface area contributed by atoms with Gasteiger partial charge in [0.1, 0.15) is 0 Å². The number of nitrogens with zero attached hydrogens (tertiary/aromatic N) is 1. The molecule has 0 amide bonds. The van der Waals surface area contributed by atoms with Gasteiger partial charge < -0.3 is 10.2 Å². The van der Waals surface area contributed by atoms with Crippen molar-refractivity contribution in [2.24, 2.45) is 5.92 Å². The molecule has 0 spiro atoms. The van der Waals surface area contributed by atoms with E-state index in [0.717, 1.165) is 25.9 Å². The van der Waals surface area contributed by atoms with Gasteiger partial charge in [-0.15, -0.1) is 0 Å². The fourth-order valence-electron chi connectivity index (χ4n) is 2.46. The highest BCUT2D eigenvalue weighted by Gasteiger charge is 2.41. The van der Waals surface area contributed by atoms with Gasteiger partial charge in [-0.1, -0.05) is 6.92 Å². The molecule has 1 heterocycles. The van der Waals surface area contributed by atoms with Crippen molar-refractivity contribution < 1.29 is 13.2 Å². The molecule has 1 fully saturated rings. The summed E-state index contributed by atoms with van der Waals surface area (Å²) in [5, 5.41) is 3.33. The molecule has 1 aliphatic rings. The molecule has 0 aromatic rings. The molecular weight excluding hydrogens is 241 g/mol. The Morgan fingerprint density at radius 2 is 1.83 bits per heavy atom. The van der Waals surface area contributed by atoms with Gasteiger partial charge >= 0.3 is 6.18 Å². The van der Waals surface area contributed by atoms with Crippen molar-refractivity contribution in [3.63, 3.8) is 0 Å². The average Bonchev–Trinajstić information content (AvgIpc) is 2.33. The molecule has 0 aliphatic carbocycles. The van der Waals surface area contributed by atoms with E-state index in [1.54, 1.807) is 0 Å². The summed E-state index contributed by atoms with van der Waals surface area (Å²) in [5.41, 5.74) is 0. The van der Waals surface area contributed by atoms with Crippen LogP contribution in [0.15, 0.2) is 0 Å². The summed E-state index contributed by atoms with van der Waals surface area (Å²) in [4.78, 5) is 2.19. The Bertz CT molecular complexity index is 223. The first-order valence-electron chi connectivity index (χ1n) is 6.96. The lowest BCUT2D eigenvalue weighted by atomic mass is 9.95. The second-order valence-electron chi connectivity index (χ2n) is 5.24. The maximum Gasteiger partial charge on any atom is 0.391 e. The summed E-state index contributed by atoms with van der Waals surface area (Å²) >= 11 is 0. The van der Waals surface area contributed by atoms with Crippen molar-refractivity contribution in [3.05, 3.63) is 0 Å². The van der Waals surface area contributed by atoms with Crippen molar-refractivity contribution in [2.45, 2.75) is 51.7 Å². The number of piperidine rings is 1. The molecule has 1 N–H and O–H groups in total. The summed E-state index contributed by atoms with van der Waals surface area (Å²) in [7, 11) is 0. The SMILES string of the molecule is CCCNCCC(C)N1CCC(C(F)(F)F)CC1. The Morgan fingerprint density at radius 3 is 2.33 bits per heavy atom. The van der Waals surface area contributed by atoms with Crippen LogP contribution in [0.3, 0.4) is 0 Å². The van der Waals surface area contributed by atoms with Crippen molar-refractivity contribution in [1.29, 1.82) is 0 Å². The van der Waals surface area contributed by atoms with Crippen LogP contribution >= 0.6 is 0 Å². The number of hydrogen-bond acceptors (Lipinski definition) is 2. The van der Waals surface area contributed by atoms with E-state index in [0.29, 0.717) is 19.1 Å². The third-order valence-corrected chi connectivity index (χ3v) is 3.78. The molecule has 18 heavy (non-hydrogen) atoms. The van der Waals surface area contributed by atoms with Crippen molar-refractivity contribution >= 4 is 0 Å². The van der Waals surface area contributed by atoms with E-state index in [-0.39, 0.29) is 12.8 Å². The smallest absolute Gasteiger partial charge is 0.317 e. The quantitative estimate of drug-likeness (QED) is 0.743. The zero-order chi connectivity index (χ0) is 13.6. The minimum atomic E-state index is -4.00. The Labute approximate surface area is 108 Å². The van der Waals surface area contributed by atoms with Gasteiger partial charge in [0.05, 0.1) is 5.92 Å². The first-order chi connectivity index (χ1) is 8.45. The van der Waals surface area contributed by atoms with E-state index >= 15 is 0 Å². The standard InChI is InChI=1S/C13H25F3N2/c1-3-7-17-8-4-11(2)18-9-5-12(6-10-18)13(14,15)16/h11-12,17H,3-10H2,1-2H3. The van der Waals surface area contributed by atoms with Crippen LogP contribution in [0.2, 0.25) is 0 Å². The lowest BCUT2D eigenvalue weighted by molar-refractivity contribution is -0.186. The van der Waals surface area contributed by atoms with Crippen LogP contribution in [0.1, 0.15) is 39.5 Å². The maximum absolute atomic E-state index is 12.5. The molecule has 0 saturated carbocycles. The molecule has 0 bridgehead atoms. The Kier molecular flexibility index (Phi) is 6.43. The highest BCUT2D eigenvalue weighted by Crippen LogP contribution is 2.34. The minimum Gasteiger partial charge on any atom is -0.317 e. The lowest BCUT2D eigenvalue weighted by Gasteiger charge is -2.36. The van der Waals surface area contributed by atoms with Crippen LogP contribution in [0.4, 0.5) is 13.2 Å². The predicted molar refractivity (Wildman–Crippen MR) is 67.6 cm³/mol. The lowest BCUT2D eigenvalue weighted by Crippen LogP contribution is -2.44. The Balaban J connectivity index is 2.21. The summed E-state index contributed by atoms with van der Waals surface area (Å²) in [6.07, 6.45) is -1.35. The number of nitrogens with one attached hydrogen (secondary N) is 1. The van der Waals surface area contributed by atoms with Crippen LogP contribution in [0, 0.1) is 5.92 Å². The molecule has 5 heteroatoms. The molecule has 1 atom stereocenters. The van der Waals surface area contributed by atoms with Gasteiger partial charge in [0, 0.05) is 6.04 Å². The van der Waals surface area contributed by atoms with Gasteiger partial charge in [-0.25, -0.2) is 0 Å². The van der Waals surface area contributed by atoms with Gasteiger partial charge in [0.15, 0.2) is 0 Å². The van der Waals surface area contributed by atoms with Crippen molar-refractivity contribution in [3.8, 4) is 0 Å². The Hall–Kier alpha value is -0.290. The van der Waals surface area contributed by atoms with Crippen LogP contribution in [-0.4, -0.2) is 43.3 Å². The van der Waals surface area contributed by atoms with Crippen molar-refractivity contribution in [1.82, 2.24) is 10.2 Å². The van der Waals surface area contributed by atoms with Gasteiger partial charge in [0.2, 0.25) is 0 Å². The Morgan fingerprint density at radius 1 is 1.22 bits per heavy atom. The highest BCUT2D eigenvalue weighted by molar-refractivity contribution is 4.80. The van der Waals surface area contributed by atoms with E-state index < -0.39 is 12.1 Å². The van der Waals surface area contributed by atoms with Gasteiger partial charge in [-0.05, 0) is 58.8 Å². The zero-order valence-electron chi connectivity index (χ0n) is 11.4. The fraction of sp³-hybridized carbons (Fsp3) is 1.00. The molecule has 2 nitrogen and oxygen atoms in total. The third-order valence-electron chi connectivity index (χ3n) is 3.78. The third kappa shape index (κ3) is 5.14. The summed E-state index contributed by atoms with van der Waals surface area (Å²) in [6, 6.07) is 0.378. The molecule has 1 rings (SSSR count). The first kappa shape index (κ1) is 15.8. The molecule has 108 valence electrons. The second kappa shape index (κ2) is 7.34. The topological polar surface area (TPSA) is 15.3 Å². The number of halogens is 3. The fourth-order valence-corrected chi connectivity index (χ4v) is 2.46. The van der Waals surface area contributed by atoms with Gasteiger partial charge in [0.25, 0.3) is 0 Å². The van der Waals surface area contributed by atoms with Crippen LogP contribution in [-0.2, 0) is 0 Å². The molecule has 1 unspecified atom stereocenters. The number of likely N-dealkylation sites (tertiary alicyclic amines) is 1. The van der Waals surface area contributed by atoms with E-state index in [9.17, 15) is 13.2 Å². The largest absolute Gasteiger partial charge is 0.391 e. The predicted octanol–water partition coefficient (Wildman–Crippen LogP) is 3.04. The zero-order valence-corrected chi connectivity index (χ0v) is 11.4. The molecular formula is C13H25F3N2. The van der Waals surface area contributed by atoms with E-state index in [1.807, 2.05) is 0 Å². The molecule has 0 aromatic heterocycles. The molecule has 1 saturated heterocycles. The number of alkyl halides is 3. The van der Waals surface area contributed by atoms with Gasteiger partial charge in [-0.3, -0.25) is 0 Å².